The zero-order valence-electron chi connectivity index (χ0n) is 17.4. The molecule has 0 aliphatic carbocycles. The summed E-state index contributed by atoms with van der Waals surface area (Å²) < 4.78 is 6.04. The Labute approximate surface area is 172 Å². The van der Waals surface area contributed by atoms with Crippen LogP contribution < -0.4 is 0 Å². The number of likely N-dealkylation sites (tertiary alicyclic amines) is 1. The standard InChI is InChI=1S/C23H29N3O3/c1-16(2)12-19-13-21(24-25-22(19)17(3)27)23(28)26-11-7-10-20(14-26)29-15-18-8-5-4-6-9-18/h4-6,8-9,13,16,20H,7,10-12,14-15H2,1-3H3/t20-/m1/s1. The van der Waals surface area contributed by atoms with Gasteiger partial charge in [-0.2, -0.15) is 0 Å². The lowest BCUT2D eigenvalue weighted by atomic mass is 9.99. The Morgan fingerprint density at radius 3 is 2.66 bits per heavy atom. The molecule has 2 heterocycles. The van der Waals surface area contributed by atoms with Gasteiger partial charge in [0.15, 0.2) is 11.5 Å². The molecule has 1 amide bonds. The van der Waals surface area contributed by atoms with Crippen molar-refractivity contribution in [2.24, 2.45) is 5.92 Å². The number of carbonyl (C=O) groups is 2. The molecular formula is C23H29N3O3. The first-order valence-corrected chi connectivity index (χ1v) is 10.3. The second-order valence-electron chi connectivity index (χ2n) is 8.07. The summed E-state index contributed by atoms with van der Waals surface area (Å²) in [4.78, 5) is 26.7. The molecule has 0 saturated carbocycles. The number of rotatable bonds is 7. The molecule has 0 N–H and O–H groups in total. The molecule has 0 bridgehead atoms. The third-order valence-electron chi connectivity index (χ3n) is 5.05. The number of aromatic nitrogens is 2. The van der Waals surface area contributed by atoms with Crippen LogP contribution in [0.2, 0.25) is 0 Å². The molecule has 1 aliphatic rings. The van der Waals surface area contributed by atoms with Crippen molar-refractivity contribution >= 4 is 11.7 Å². The maximum atomic E-state index is 13.0. The van der Waals surface area contributed by atoms with Gasteiger partial charge in [0.05, 0.1) is 12.7 Å². The number of Topliss-reactive ketones (excluding diaryl/α,β-unsaturated/α-hetero) is 1. The van der Waals surface area contributed by atoms with Gasteiger partial charge in [0.25, 0.3) is 5.91 Å². The van der Waals surface area contributed by atoms with Gasteiger partial charge >= 0.3 is 0 Å². The number of hydrogen-bond acceptors (Lipinski definition) is 5. The Bertz CT molecular complexity index is 852. The largest absolute Gasteiger partial charge is 0.372 e. The van der Waals surface area contributed by atoms with E-state index in [0.29, 0.717) is 43.4 Å². The number of carbonyl (C=O) groups excluding carboxylic acids is 2. The zero-order valence-corrected chi connectivity index (χ0v) is 17.4. The van der Waals surface area contributed by atoms with Crippen molar-refractivity contribution in [1.29, 1.82) is 0 Å². The van der Waals surface area contributed by atoms with E-state index in [2.05, 4.69) is 24.0 Å². The normalized spacial score (nSPS) is 16.8. The molecule has 1 aromatic heterocycles. The van der Waals surface area contributed by atoms with E-state index < -0.39 is 0 Å². The molecule has 2 aromatic rings. The van der Waals surface area contributed by atoms with E-state index in [9.17, 15) is 9.59 Å². The molecular weight excluding hydrogens is 366 g/mol. The van der Waals surface area contributed by atoms with E-state index in [1.807, 2.05) is 30.3 Å². The summed E-state index contributed by atoms with van der Waals surface area (Å²) >= 11 is 0. The number of hydrogen-bond donors (Lipinski definition) is 0. The molecule has 0 spiro atoms. The van der Waals surface area contributed by atoms with Crippen molar-refractivity contribution in [3.8, 4) is 0 Å². The van der Waals surface area contributed by atoms with Crippen LogP contribution in [0.25, 0.3) is 0 Å². The van der Waals surface area contributed by atoms with Gasteiger partial charge in [0, 0.05) is 20.0 Å². The first-order chi connectivity index (χ1) is 13.9. The van der Waals surface area contributed by atoms with Crippen molar-refractivity contribution in [2.75, 3.05) is 13.1 Å². The summed E-state index contributed by atoms with van der Waals surface area (Å²) in [6.45, 7) is 7.39. The van der Waals surface area contributed by atoms with Crippen LogP contribution in [0.5, 0.6) is 0 Å². The van der Waals surface area contributed by atoms with Gasteiger partial charge in [-0.1, -0.05) is 44.2 Å². The van der Waals surface area contributed by atoms with Gasteiger partial charge in [-0.3, -0.25) is 9.59 Å². The first kappa shape index (κ1) is 21.1. The lowest BCUT2D eigenvalue weighted by Crippen LogP contribution is -2.43. The van der Waals surface area contributed by atoms with E-state index in [-0.39, 0.29) is 17.8 Å². The maximum Gasteiger partial charge on any atom is 0.274 e. The predicted octanol–water partition coefficient (Wildman–Crippen LogP) is 3.70. The first-order valence-electron chi connectivity index (χ1n) is 10.3. The fourth-order valence-electron chi connectivity index (χ4n) is 3.64. The van der Waals surface area contributed by atoms with E-state index in [1.165, 1.54) is 6.92 Å². The predicted molar refractivity (Wildman–Crippen MR) is 111 cm³/mol. The smallest absolute Gasteiger partial charge is 0.274 e. The highest BCUT2D eigenvalue weighted by Crippen LogP contribution is 2.19. The monoisotopic (exact) mass is 395 g/mol. The van der Waals surface area contributed by atoms with Crippen LogP contribution in [0, 0.1) is 5.92 Å². The Morgan fingerprint density at radius 2 is 1.97 bits per heavy atom. The fraction of sp³-hybridized carbons (Fsp3) is 0.478. The van der Waals surface area contributed by atoms with Gasteiger partial charge in [-0.15, -0.1) is 10.2 Å². The van der Waals surface area contributed by atoms with Crippen molar-refractivity contribution in [3.63, 3.8) is 0 Å². The summed E-state index contributed by atoms with van der Waals surface area (Å²) in [6, 6.07) is 11.8. The van der Waals surface area contributed by atoms with E-state index in [0.717, 1.165) is 24.0 Å². The summed E-state index contributed by atoms with van der Waals surface area (Å²) in [5.41, 5.74) is 2.58. The Hall–Kier alpha value is -2.60. The number of piperidine rings is 1. The minimum atomic E-state index is -0.148. The highest BCUT2D eigenvalue weighted by Gasteiger charge is 2.27. The van der Waals surface area contributed by atoms with Gasteiger partial charge in [-0.05, 0) is 42.4 Å². The number of benzene rings is 1. The molecule has 0 unspecified atom stereocenters. The molecule has 29 heavy (non-hydrogen) atoms. The van der Waals surface area contributed by atoms with Crippen LogP contribution in [-0.4, -0.2) is 46.0 Å². The molecule has 6 heteroatoms. The molecule has 1 fully saturated rings. The second-order valence-corrected chi connectivity index (χ2v) is 8.07. The van der Waals surface area contributed by atoms with Crippen LogP contribution in [0.1, 0.15) is 65.7 Å². The molecule has 154 valence electrons. The molecule has 3 rings (SSSR count). The van der Waals surface area contributed by atoms with Gasteiger partial charge in [-0.25, -0.2) is 0 Å². The Morgan fingerprint density at radius 1 is 1.21 bits per heavy atom. The summed E-state index contributed by atoms with van der Waals surface area (Å²) in [5.74, 6) is 0.0797. The lowest BCUT2D eigenvalue weighted by Gasteiger charge is -2.32. The molecule has 6 nitrogen and oxygen atoms in total. The van der Waals surface area contributed by atoms with E-state index >= 15 is 0 Å². The average molecular weight is 396 g/mol. The number of nitrogens with zero attached hydrogens (tertiary/aromatic N) is 3. The lowest BCUT2D eigenvalue weighted by molar-refractivity contribution is -0.00692. The molecule has 0 radical (unpaired) electrons. The average Bonchev–Trinajstić information content (AvgIpc) is 2.72. The zero-order chi connectivity index (χ0) is 20.8. The quantitative estimate of drug-likeness (QED) is 0.669. The minimum Gasteiger partial charge on any atom is -0.372 e. The van der Waals surface area contributed by atoms with Gasteiger partial charge in [0.2, 0.25) is 0 Å². The van der Waals surface area contributed by atoms with Crippen molar-refractivity contribution in [2.45, 2.75) is 52.7 Å². The molecule has 1 saturated heterocycles. The van der Waals surface area contributed by atoms with E-state index in [1.54, 1.807) is 11.0 Å². The Kier molecular flexibility index (Phi) is 7.09. The van der Waals surface area contributed by atoms with Crippen molar-refractivity contribution < 1.29 is 14.3 Å². The van der Waals surface area contributed by atoms with Crippen LogP contribution in [-0.2, 0) is 17.8 Å². The Balaban J connectivity index is 1.68. The molecule has 1 aliphatic heterocycles. The maximum absolute atomic E-state index is 13.0. The van der Waals surface area contributed by atoms with Crippen LogP contribution in [0.4, 0.5) is 0 Å². The van der Waals surface area contributed by atoms with Gasteiger partial charge < -0.3 is 9.64 Å². The highest BCUT2D eigenvalue weighted by atomic mass is 16.5. The topological polar surface area (TPSA) is 72.4 Å². The van der Waals surface area contributed by atoms with Crippen LogP contribution >= 0.6 is 0 Å². The van der Waals surface area contributed by atoms with Crippen LogP contribution in [0.3, 0.4) is 0 Å². The summed E-state index contributed by atoms with van der Waals surface area (Å²) in [6.07, 6.45) is 2.52. The van der Waals surface area contributed by atoms with Crippen molar-refractivity contribution in [3.05, 3.63) is 58.9 Å². The summed E-state index contributed by atoms with van der Waals surface area (Å²) in [7, 11) is 0. The number of ether oxygens (including phenoxy) is 1. The molecule has 1 aromatic carbocycles. The third-order valence-corrected chi connectivity index (χ3v) is 5.05. The number of ketones is 1. The molecule has 1 atom stereocenters. The van der Waals surface area contributed by atoms with Gasteiger partial charge in [0.1, 0.15) is 5.69 Å². The van der Waals surface area contributed by atoms with Crippen LogP contribution in [0.15, 0.2) is 36.4 Å². The third kappa shape index (κ3) is 5.70. The minimum absolute atomic E-state index is 0.00694. The second kappa shape index (κ2) is 9.74. The number of amides is 1. The fourth-order valence-corrected chi connectivity index (χ4v) is 3.64. The van der Waals surface area contributed by atoms with E-state index in [4.69, 9.17) is 4.74 Å². The highest BCUT2D eigenvalue weighted by molar-refractivity contribution is 5.96. The van der Waals surface area contributed by atoms with Crippen molar-refractivity contribution in [1.82, 2.24) is 15.1 Å². The summed E-state index contributed by atoms with van der Waals surface area (Å²) in [5, 5.41) is 8.12. The SMILES string of the molecule is CC(=O)c1nnc(C(=O)N2CCC[C@@H](OCc3ccccc3)C2)cc1CC(C)C.